The van der Waals surface area contributed by atoms with Crippen molar-refractivity contribution in [2.24, 2.45) is 5.41 Å². The molecule has 0 saturated carbocycles. The van der Waals surface area contributed by atoms with Gasteiger partial charge in [0, 0.05) is 20.2 Å². The molecule has 0 aliphatic carbocycles. The van der Waals surface area contributed by atoms with Crippen LogP contribution in [-0.2, 0) is 9.47 Å². The zero-order valence-corrected chi connectivity index (χ0v) is 15.0. The van der Waals surface area contributed by atoms with Crippen molar-refractivity contribution in [3.05, 3.63) is 0 Å². The van der Waals surface area contributed by atoms with Crippen LogP contribution in [0.1, 0.15) is 72.6 Å². The van der Waals surface area contributed by atoms with Crippen LogP contribution in [0.3, 0.4) is 0 Å². The van der Waals surface area contributed by atoms with Crippen molar-refractivity contribution < 1.29 is 9.47 Å². The van der Waals surface area contributed by atoms with E-state index >= 15 is 0 Å². The van der Waals surface area contributed by atoms with Crippen LogP contribution < -0.4 is 5.32 Å². The first-order chi connectivity index (χ1) is 9.97. The van der Waals surface area contributed by atoms with Crippen LogP contribution >= 0.6 is 0 Å². The van der Waals surface area contributed by atoms with Crippen LogP contribution in [0, 0.1) is 5.41 Å². The van der Waals surface area contributed by atoms with E-state index in [1.54, 1.807) is 7.11 Å². The molecular formula is C18H37NO2. The van der Waals surface area contributed by atoms with Crippen molar-refractivity contribution in [2.45, 2.75) is 84.3 Å². The first-order valence-corrected chi connectivity index (χ1v) is 8.84. The summed E-state index contributed by atoms with van der Waals surface area (Å²) in [4.78, 5) is 0. The molecule has 3 heteroatoms. The lowest BCUT2D eigenvalue weighted by Crippen LogP contribution is -2.38. The summed E-state index contributed by atoms with van der Waals surface area (Å²) in [6.45, 7) is 11.9. The quantitative estimate of drug-likeness (QED) is 0.581. The monoisotopic (exact) mass is 299 g/mol. The van der Waals surface area contributed by atoms with E-state index < -0.39 is 0 Å². The van der Waals surface area contributed by atoms with Crippen molar-refractivity contribution in [1.29, 1.82) is 0 Å². The van der Waals surface area contributed by atoms with E-state index in [4.69, 9.17) is 9.47 Å². The molecule has 2 atom stereocenters. The highest BCUT2D eigenvalue weighted by Gasteiger charge is 2.37. The molecule has 0 amide bonds. The molecule has 1 rings (SSSR count). The molecular weight excluding hydrogens is 262 g/mol. The Labute approximate surface area is 132 Å². The molecule has 2 unspecified atom stereocenters. The molecule has 3 nitrogen and oxygen atoms in total. The summed E-state index contributed by atoms with van der Waals surface area (Å²) in [5, 5.41) is 3.60. The van der Waals surface area contributed by atoms with E-state index in [0.29, 0.717) is 11.5 Å². The number of unbranched alkanes of at least 4 members (excludes halogenated alkanes) is 1. The lowest BCUT2D eigenvalue weighted by Gasteiger charge is -2.36. The Hall–Kier alpha value is -0.120. The minimum atomic E-state index is 0.0817. The number of methoxy groups -OCH3 is 1. The second kappa shape index (κ2) is 9.12. The number of hydrogen-bond donors (Lipinski definition) is 1. The van der Waals surface area contributed by atoms with Crippen molar-refractivity contribution >= 4 is 0 Å². The Bertz CT molecular complexity index is 280. The fraction of sp³-hybridized carbons (Fsp3) is 1.00. The molecule has 21 heavy (non-hydrogen) atoms. The molecule has 0 radical (unpaired) electrons. The van der Waals surface area contributed by atoms with Crippen LogP contribution in [0.15, 0.2) is 0 Å². The molecule has 1 heterocycles. The van der Waals surface area contributed by atoms with Gasteiger partial charge in [0.2, 0.25) is 0 Å². The van der Waals surface area contributed by atoms with Crippen LogP contribution in [0.4, 0.5) is 0 Å². The Kier molecular flexibility index (Phi) is 8.22. The lowest BCUT2D eigenvalue weighted by molar-refractivity contribution is -0.0379. The SMILES string of the molecule is CCCCC(CC)(CNCCOC)CC1CCC(C)(C)O1. The molecule has 0 spiro atoms. The van der Waals surface area contributed by atoms with Crippen LogP contribution in [0.25, 0.3) is 0 Å². The first kappa shape index (κ1) is 18.9. The topological polar surface area (TPSA) is 30.5 Å². The van der Waals surface area contributed by atoms with Crippen molar-refractivity contribution in [3.8, 4) is 0 Å². The second-order valence-electron chi connectivity index (χ2n) is 7.37. The van der Waals surface area contributed by atoms with E-state index in [-0.39, 0.29) is 5.60 Å². The average Bonchev–Trinajstić information content (AvgIpc) is 2.79. The van der Waals surface area contributed by atoms with Crippen LogP contribution in [0.5, 0.6) is 0 Å². The first-order valence-electron chi connectivity index (χ1n) is 8.84. The number of rotatable bonds is 11. The van der Waals surface area contributed by atoms with E-state index in [1.807, 2.05) is 0 Å². The second-order valence-corrected chi connectivity index (χ2v) is 7.37. The van der Waals surface area contributed by atoms with Gasteiger partial charge in [-0.25, -0.2) is 0 Å². The van der Waals surface area contributed by atoms with Gasteiger partial charge in [0.15, 0.2) is 0 Å². The third kappa shape index (κ3) is 6.66. The van der Waals surface area contributed by atoms with E-state index in [2.05, 4.69) is 33.0 Å². The van der Waals surface area contributed by atoms with Gasteiger partial charge in [-0.1, -0.05) is 26.7 Å². The third-order valence-electron chi connectivity index (χ3n) is 5.01. The molecule has 1 fully saturated rings. The van der Waals surface area contributed by atoms with Crippen molar-refractivity contribution in [3.63, 3.8) is 0 Å². The summed E-state index contributed by atoms with van der Waals surface area (Å²) in [5.74, 6) is 0. The van der Waals surface area contributed by atoms with Gasteiger partial charge in [0.1, 0.15) is 0 Å². The highest BCUT2D eigenvalue weighted by molar-refractivity contribution is 4.89. The van der Waals surface area contributed by atoms with Gasteiger partial charge in [-0.3, -0.25) is 0 Å². The largest absolute Gasteiger partial charge is 0.383 e. The zero-order chi connectivity index (χ0) is 15.8. The number of nitrogens with one attached hydrogen (secondary N) is 1. The van der Waals surface area contributed by atoms with Gasteiger partial charge in [-0.15, -0.1) is 0 Å². The van der Waals surface area contributed by atoms with Gasteiger partial charge < -0.3 is 14.8 Å². The molecule has 126 valence electrons. The van der Waals surface area contributed by atoms with Crippen molar-refractivity contribution in [2.75, 3.05) is 26.8 Å². The molecule has 0 aromatic heterocycles. The molecule has 1 aliphatic heterocycles. The highest BCUT2D eigenvalue weighted by atomic mass is 16.5. The molecule has 1 aliphatic rings. The Balaban J connectivity index is 2.57. The smallest absolute Gasteiger partial charge is 0.0631 e. The summed E-state index contributed by atoms with van der Waals surface area (Å²) < 4.78 is 11.4. The fourth-order valence-electron chi connectivity index (χ4n) is 3.49. The minimum Gasteiger partial charge on any atom is -0.383 e. The van der Waals surface area contributed by atoms with Gasteiger partial charge >= 0.3 is 0 Å². The van der Waals surface area contributed by atoms with Gasteiger partial charge in [0.25, 0.3) is 0 Å². The number of ether oxygens (including phenoxy) is 2. The average molecular weight is 299 g/mol. The third-order valence-corrected chi connectivity index (χ3v) is 5.01. The van der Waals surface area contributed by atoms with Gasteiger partial charge in [0.05, 0.1) is 18.3 Å². The highest BCUT2D eigenvalue weighted by Crippen LogP contribution is 2.40. The predicted octanol–water partition coefficient (Wildman–Crippen LogP) is 4.16. The molecule has 1 N–H and O–H groups in total. The van der Waals surface area contributed by atoms with E-state index in [0.717, 1.165) is 19.7 Å². The van der Waals surface area contributed by atoms with Gasteiger partial charge in [-0.05, 0) is 51.4 Å². The zero-order valence-electron chi connectivity index (χ0n) is 15.0. The molecule has 0 aromatic rings. The summed E-state index contributed by atoms with van der Waals surface area (Å²) in [6.07, 6.45) is 9.19. The normalized spacial score (nSPS) is 24.1. The van der Waals surface area contributed by atoms with Crippen LogP contribution in [0.2, 0.25) is 0 Å². The maximum atomic E-state index is 6.26. The van der Waals surface area contributed by atoms with Crippen LogP contribution in [-0.4, -0.2) is 38.5 Å². The maximum Gasteiger partial charge on any atom is 0.0631 e. The van der Waals surface area contributed by atoms with Gasteiger partial charge in [-0.2, -0.15) is 0 Å². The Morgan fingerprint density at radius 1 is 1.33 bits per heavy atom. The standard InChI is InChI=1S/C18H37NO2/c1-6-8-10-18(7-2,15-19-12-13-20-5)14-16-9-11-17(3,4)21-16/h16,19H,6-15H2,1-5H3. The predicted molar refractivity (Wildman–Crippen MR) is 89.8 cm³/mol. The molecule has 0 aromatic carbocycles. The Morgan fingerprint density at radius 2 is 2.10 bits per heavy atom. The summed E-state index contributed by atoms with van der Waals surface area (Å²) in [6, 6.07) is 0. The van der Waals surface area contributed by atoms with E-state index in [9.17, 15) is 0 Å². The molecule has 1 saturated heterocycles. The fourth-order valence-corrected chi connectivity index (χ4v) is 3.49. The Morgan fingerprint density at radius 3 is 2.62 bits per heavy atom. The number of hydrogen-bond acceptors (Lipinski definition) is 3. The molecule has 0 bridgehead atoms. The van der Waals surface area contributed by atoms with E-state index in [1.165, 1.54) is 44.9 Å². The maximum absolute atomic E-state index is 6.26. The lowest BCUT2D eigenvalue weighted by atomic mass is 9.75. The van der Waals surface area contributed by atoms with Crippen molar-refractivity contribution in [1.82, 2.24) is 5.32 Å². The summed E-state index contributed by atoms with van der Waals surface area (Å²) in [7, 11) is 1.76. The summed E-state index contributed by atoms with van der Waals surface area (Å²) in [5.41, 5.74) is 0.465. The minimum absolute atomic E-state index is 0.0817. The summed E-state index contributed by atoms with van der Waals surface area (Å²) >= 11 is 0.